The summed E-state index contributed by atoms with van der Waals surface area (Å²) in [6, 6.07) is 9.21. The molecule has 0 aliphatic rings. The van der Waals surface area contributed by atoms with Crippen molar-refractivity contribution in [3.8, 4) is 6.07 Å². The first-order chi connectivity index (χ1) is 8.74. The lowest BCUT2D eigenvalue weighted by Gasteiger charge is -2.16. The maximum atomic E-state index is 10.5. The van der Waals surface area contributed by atoms with Gasteiger partial charge in [0.2, 0.25) is 5.95 Å². The lowest BCUT2D eigenvalue weighted by molar-refractivity contribution is 0.112. The highest BCUT2D eigenvalue weighted by Gasteiger charge is 2.07. The largest absolute Gasteiger partial charge is 0.314 e. The van der Waals surface area contributed by atoms with E-state index in [0.717, 1.165) is 5.69 Å². The van der Waals surface area contributed by atoms with Crippen molar-refractivity contribution in [1.29, 1.82) is 5.26 Å². The molecule has 1 aromatic carbocycles. The average molecular weight is 238 g/mol. The Balaban J connectivity index is 2.32. The van der Waals surface area contributed by atoms with Gasteiger partial charge in [0.15, 0.2) is 6.29 Å². The molecule has 1 aromatic heterocycles. The van der Waals surface area contributed by atoms with E-state index in [9.17, 15) is 4.79 Å². The molecule has 0 aliphatic carbocycles. The molecule has 0 fully saturated rings. The molecular formula is C13H10N4O. The predicted molar refractivity (Wildman–Crippen MR) is 66.6 cm³/mol. The number of carbonyl (C=O) groups is 1. The average Bonchev–Trinajstić information content (AvgIpc) is 2.46. The number of carbonyl (C=O) groups excluding carboxylic acids is 1. The zero-order valence-corrected chi connectivity index (χ0v) is 9.74. The number of rotatable bonds is 3. The van der Waals surface area contributed by atoms with Gasteiger partial charge in [-0.15, -0.1) is 0 Å². The Labute approximate surface area is 104 Å². The molecule has 0 aliphatic heterocycles. The lowest BCUT2D eigenvalue weighted by atomic mass is 10.2. The van der Waals surface area contributed by atoms with Gasteiger partial charge in [0.25, 0.3) is 0 Å². The molecule has 88 valence electrons. The molecule has 0 saturated carbocycles. The van der Waals surface area contributed by atoms with E-state index >= 15 is 0 Å². The van der Waals surface area contributed by atoms with Crippen LogP contribution < -0.4 is 4.90 Å². The van der Waals surface area contributed by atoms with E-state index in [4.69, 9.17) is 5.26 Å². The molecule has 1 heterocycles. The monoisotopic (exact) mass is 238 g/mol. The molecule has 2 rings (SSSR count). The smallest absolute Gasteiger partial charge is 0.229 e. The summed E-state index contributed by atoms with van der Waals surface area (Å²) >= 11 is 0. The van der Waals surface area contributed by atoms with Crippen molar-refractivity contribution in [2.75, 3.05) is 11.9 Å². The van der Waals surface area contributed by atoms with Crippen LogP contribution in [0, 0.1) is 11.3 Å². The van der Waals surface area contributed by atoms with Crippen LogP contribution in [0.15, 0.2) is 36.7 Å². The number of nitrogens with zero attached hydrogens (tertiary/aromatic N) is 4. The summed E-state index contributed by atoms with van der Waals surface area (Å²) < 4.78 is 0. The third-order valence-corrected chi connectivity index (χ3v) is 2.46. The molecule has 0 spiro atoms. The summed E-state index contributed by atoms with van der Waals surface area (Å²) in [6.07, 6.45) is 3.61. The maximum absolute atomic E-state index is 10.5. The molecule has 0 radical (unpaired) electrons. The molecule has 0 amide bonds. The van der Waals surface area contributed by atoms with Crippen LogP contribution in [0.5, 0.6) is 0 Å². The second-order valence-corrected chi connectivity index (χ2v) is 3.66. The number of benzene rings is 1. The third-order valence-electron chi connectivity index (χ3n) is 2.46. The van der Waals surface area contributed by atoms with Gasteiger partial charge in [-0.3, -0.25) is 4.79 Å². The summed E-state index contributed by atoms with van der Waals surface area (Å²) in [4.78, 5) is 20.4. The zero-order valence-electron chi connectivity index (χ0n) is 9.74. The summed E-state index contributed by atoms with van der Waals surface area (Å²) in [5.41, 5.74) is 1.81. The highest BCUT2D eigenvalue weighted by atomic mass is 16.1. The van der Waals surface area contributed by atoms with Crippen LogP contribution in [0.3, 0.4) is 0 Å². The lowest BCUT2D eigenvalue weighted by Crippen LogP contribution is -2.13. The quantitative estimate of drug-likeness (QED) is 0.764. The number of aldehydes is 1. The Morgan fingerprint density at radius 1 is 1.33 bits per heavy atom. The number of hydrogen-bond donors (Lipinski definition) is 0. The summed E-state index contributed by atoms with van der Waals surface area (Å²) in [6.45, 7) is 0. The van der Waals surface area contributed by atoms with Crippen molar-refractivity contribution in [2.24, 2.45) is 0 Å². The van der Waals surface area contributed by atoms with E-state index < -0.39 is 0 Å². The highest BCUT2D eigenvalue weighted by Crippen LogP contribution is 2.20. The van der Waals surface area contributed by atoms with Gasteiger partial charge >= 0.3 is 0 Å². The van der Waals surface area contributed by atoms with Gasteiger partial charge in [-0.1, -0.05) is 6.07 Å². The van der Waals surface area contributed by atoms with Crippen LogP contribution in [0.25, 0.3) is 0 Å². The molecule has 0 saturated heterocycles. The van der Waals surface area contributed by atoms with E-state index in [0.29, 0.717) is 23.4 Å². The second kappa shape index (κ2) is 5.06. The fraction of sp³-hybridized carbons (Fsp3) is 0.0769. The molecule has 0 bridgehead atoms. The molecule has 5 heteroatoms. The predicted octanol–water partition coefficient (Wildman–Crippen LogP) is 1.93. The first-order valence-electron chi connectivity index (χ1n) is 5.25. The Morgan fingerprint density at radius 2 is 2.06 bits per heavy atom. The van der Waals surface area contributed by atoms with Gasteiger partial charge in [0.1, 0.15) is 0 Å². The molecule has 5 nitrogen and oxygen atoms in total. The minimum Gasteiger partial charge on any atom is -0.314 e. The standard InChI is InChI=1S/C13H10N4O/c1-17(12-4-2-3-10(5-12)6-14)13-15-7-11(9-18)8-16-13/h2-5,7-9H,1H3. The van der Waals surface area contributed by atoms with Crippen LogP contribution in [0.4, 0.5) is 11.6 Å². The number of nitriles is 1. The van der Waals surface area contributed by atoms with E-state index in [1.54, 1.807) is 30.1 Å². The van der Waals surface area contributed by atoms with E-state index in [-0.39, 0.29) is 0 Å². The first-order valence-corrected chi connectivity index (χ1v) is 5.25. The number of anilines is 2. The van der Waals surface area contributed by atoms with Crippen molar-refractivity contribution in [3.63, 3.8) is 0 Å². The number of hydrogen-bond acceptors (Lipinski definition) is 5. The van der Waals surface area contributed by atoms with Gasteiger partial charge in [-0.25, -0.2) is 9.97 Å². The maximum Gasteiger partial charge on any atom is 0.229 e. The minimum atomic E-state index is 0.429. The molecule has 0 unspecified atom stereocenters. The van der Waals surface area contributed by atoms with Gasteiger partial charge < -0.3 is 4.90 Å². The highest BCUT2D eigenvalue weighted by molar-refractivity contribution is 5.73. The molecule has 18 heavy (non-hydrogen) atoms. The Kier molecular flexibility index (Phi) is 3.30. The van der Waals surface area contributed by atoms with Crippen molar-refractivity contribution in [1.82, 2.24) is 9.97 Å². The normalized spacial score (nSPS) is 9.56. The van der Waals surface area contributed by atoms with Crippen LogP contribution in [-0.4, -0.2) is 23.3 Å². The SMILES string of the molecule is CN(c1cccc(C#N)c1)c1ncc(C=O)cn1. The summed E-state index contributed by atoms with van der Waals surface area (Å²) in [7, 11) is 1.80. The summed E-state index contributed by atoms with van der Waals surface area (Å²) in [5.74, 6) is 0.468. The first kappa shape index (κ1) is 11.7. The van der Waals surface area contributed by atoms with Crippen molar-refractivity contribution < 1.29 is 4.79 Å². The summed E-state index contributed by atoms with van der Waals surface area (Å²) in [5, 5.41) is 8.84. The fourth-order valence-corrected chi connectivity index (χ4v) is 1.46. The minimum absolute atomic E-state index is 0.429. The van der Waals surface area contributed by atoms with Crippen molar-refractivity contribution in [3.05, 3.63) is 47.8 Å². The fourth-order valence-electron chi connectivity index (χ4n) is 1.46. The Bertz CT molecular complexity index is 601. The van der Waals surface area contributed by atoms with E-state index in [2.05, 4.69) is 16.0 Å². The van der Waals surface area contributed by atoms with Crippen molar-refractivity contribution in [2.45, 2.75) is 0 Å². The zero-order chi connectivity index (χ0) is 13.0. The molecular weight excluding hydrogens is 228 g/mol. The molecule has 0 atom stereocenters. The van der Waals surface area contributed by atoms with Crippen LogP contribution >= 0.6 is 0 Å². The molecule has 2 aromatic rings. The van der Waals surface area contributed by atoms with E-state index in [1.807, 2.05) is 6.07 Å². The van der Waals surface area contributed by atoms with Gasteiger partial charge in [0.05, 0.1) is 17.2 Å². The van der Waals surface area contributed by atoms with Crippen LogP contribution in [0.2, 0.25) is 0 Å². The third kappa shape index (κ3) is 2.33. The van der Waals surface area contributed by atoms with Gasteiger partial charge in [-0.05, 0) is 18.2 Å². The topological polar surface area (TPSA) is 69.9 Å². The van der Waals surface area contributed by atoms with E-state index in [1.165, 1.54) is 12.4 Å². The number of aromatic nitrogens is 2. The Hall–Kier alpha value is -2.74. The Morgan fingerprint density at radius 3 is 2.67 bits per heavy atom. The van der Waals surface area contributed by atoms with Gasteiger partial charge in [-0.2, -0.15) is 5.26 Å². The second-order valence-electron chi connectivity index (χ2n) is 3.66. The van der Waals surface area contributed by atoms with Crippen molar-refractivity contribution >= 4 is 17.9 Å². The molecule has 0 N–H and O–H groups in total. The van der Waals surface area contributed by atoms with Crippen LogP contribution in [0.1, 0.15) is 15.9 Å². The van der Waals surface area contributed by atoms with Crippen LogP contribution in [-0.2, 0) is 0 Å². The van der Waals surface area contributed by atoms with Gasteiger partial charge in [0, 0.05) is 25.1 Å².